The van der Waals surface area contributed by atoms with E-state index in [0.717, 1.165) is 17.8 Å². The van der Waals surface area contributed by atoms with Gasteiger partial charge in [-0.25, -0.2) is 9.97 Å². The lowest BCUT2D eigenvalue weighted by atomic mass is 10.2. The van der Waals surface area contributed by atoms with Gasteiger partial charge in [-0.2, -0.15) is 0 Å². The number of aryl methyl sites for hydroxylation is 2. The zero-order valence-electron chi connectivity index (χ0n) is 7.88. The van der Waals surface area contributed by atoms with Gasteiger partial charge in [0.15, 0.2) is 0 Å². The number of unbranched alkanes of at least 4 members (excludes halogenated alkanes) is 2. The van der Waals surface area contributed by atoms with Gasteiger partial charge in [0.1, 0.15) is 5.82 Å². The van der Waals surface area contributed by atoms with Crippen molar-refractivity contribution in [3.63, 3.8) is 0 Å². The summed E-state index contributed by atoms with van der Waals surface area (Å²) < 4.78 is 0. The van der Waals surface area contributed by atoms with Gasteiger partial charge in [0, 0.05) is 18.8 Å². The molecule has 1 aromatic rings. The van der Waals surface area contributed by atoms with Gasteiger partial charge in [0.2, 0.25) is 0 Å². The highest BCUT2D eigenvalue weighted by molar-refractivity contribution is 5.01. The van der Waals surface area contributed by atoms with Gasteiger partial charge in [-0.15, -0.1) is 0 Å². The minimum Gasteiger partial charge on any atom is -0.241 e. The molecule has 0 saturated carbocycles. The largest absolute Gasteiger partial charge is 0.241 e. The Balaban J connectivity index is 2.37. The molecule has 1 rings (SSSR count). The fourth-order valence-electron chi connectivity index (χ4n) is 1.08. The Hall–Kier alpha value is -0.920. The van der Waals surface area contributed by atoms with Crippen molar-refractivity contribution in [1.29, 1.82) is 0 Å². The summed E-state index contributed by atoms with van der Waals surface area (Å²) in [6.45, 7) is 4.21. The Morgan fingerprint density at radius 3 is 2.42 bits per heavy atom. The molecule has 1 heterocycles. The summed E-state index contributed by atoms with van der Waals surface area (Å²) in [6.07, 6.45) is 8.53. The molecule has 0 bridgehead atoms. The van der Waals surface area contributed by atoms with Crippen LogP contribution in [0, 0.1) is 6.92 Å². The van der Waals surface area contributed by atoms with Crippen LogP contribution in [-0.2, 0) is 6.42 Å². The standard InChI is InChI=1S/C10H16N2/c1-3-4-5-6-10-11-7-9(2)8-12-10/h7-8H,3-6H2,1-2H3. The molecule has 2 heteroatoms. The second-order valence-electron chi connectivity index (χ2n) is 3.13. The third-order valence-electron chi connectivity index (χ3n) is 1.84. The van der Waals surface area contributed by atoms with E-state index in [1.165, 1.54) is 19.3 Å². The molecule has 0 aliphatic rings. The van der Waals surface area contributed by atoms with E-state index in [-0.39, 0.29) is 0 Å². The van der Waals surface area contributed by atoms with Crippen molar-refractivity contribution in [2.45, 2.75) is 39.5 Å². The summed E-state index contributed by atoms with van der Waals surface area (Å²) in [4.78, 5) is 8.48. The van der Waals surface area contributed by atoms with Gasteiger partial charge in [-0.3, -0.25) is 0 Å². The molecule has 0 radical (unpaired) electrons. The van der Waals surface area contributed by atoms with E-state index in [9.17, 15) is 0 Å². The van der Waals surface area contributed by atoms with E-state index in [1.807, 2.05) is 19.3 Å². The van der Waals surface area contributed by atoms with Gasteiger partial charge < -0.3 is 0 Å². The zero-order chi connectivity index (χ0) is 8.81. The van der Waals surface area contributed by atoms with Gasteiger partial charge in [-0.1, -0.05) is 19.8 Å². The summed E-state index contributed by atoms with van der Waals surface area (Å²) in [5.74, 6) is 0.981. The van der Waals surface area contributed by atoms with Crippen molar-refractivity contribution in [3.05, 3.63) is 23.8 Å². The fraction of sp³-hybridized carbons (Fsp3) is 0.600. The molecule has 66 valence electrons. The number of nitrogens with zero attached hydrogens (tertiary/aromatic N) is 2. The fourth-order valence-corrected chi connectivity index (χ4v) is 1.08. The van der Waals surface area contributed by atoms with Crippen molar-refractivity contribution in [3.8, 4) is 0 Å². The number of aromatic nitrogens is 2. The van der Waals surface area contributed by atoms with Crippen molar-refractivity contribution >= 4 is 0 Å². The molecule has 12 heavy (non-hydrogen) atoms. The van der Waals surface area contributed by atoms with Crippen LogP contribution in [0.25, 0.3) is 0 Å². The van der Waals surface area contributed by atoms with Gasteiger partial charge >= 0.3 is 0 Å². The monoisotopic (exact) mass is 164 g/mol. The molecular weight excluding hydrogens is 148 g/mol. The third kappa shape index (κ3) is 2.99. The molecule has 0 saturated heterocycles. The average Bonchev–Trinajstić information content (AvgIpc) is 2.09. The molecule has 0 unspecified atom stereocenters. The molecule has 0 aliphatic carbocycles. The summed E-state index contributed by atoms with van der Waals surface area (Å²) in [6, 6.07) is 0. The molecule has 0 amide bonds. The Labute approximate surface area is 74.1 Å². The third-order valence-corrected chi connectivity index (χ3v) is 1.84. The Bertz CT molecular complexity index is 216. The highest BCUT2D eigenvalue weighted by Crippen LogP contribution is 2.01. The summed E-state index contributed by atoms with van der Waals surface area (Å²) >= 11 is 0. The molecular formula is C10H16N2. The van der Waals surface area contributed by atoms with Crippen LogP contribution in [0.1, 0.15) is 37.6 Å². The number of hydrogen-bond donors (Lipinski definition) is 0. The lowest BCUT2D eigenvalue weighted by Crippen LogP contribution is -1.94. The van der Waals surface area contributed by atoms with Crippen LogP contribution in [0.4, 0.5) is 0 Å². The first-order chi connectivity index (χ1) is 5.83. The van der Waals surface area contributed by atoms with Crippen molar-refractivity contribution in [1.82, 2.24) is 9.97 Å². The first kappa shape index (κ1) is 9.17. The highest BCUT2D eigenvalue weighted by Gasteiger charge is 1.94. The smallest absolute Gasteiger partial charge is 0.128 e. The first-order valence-electron chi connectivity index (χ1n) is 4.60. The SMILES string of the molecule is CCCCCc1ncc(C)cn1. The molecule has 2 nitrogen and oxygen atoms in total. The molecule has 0 spiro atoms. The van der Waals surface area contributed by atoms with Crippen LogP contribution in [0.3, 0.4) is 0 Å². The van der Waals surface area contributed by atoms with Crippen molar-refractivity contribution < 1.29 is 0 Å². The van der Waals surface area contributed by atoms with Crippen LogP contribution < -0.4 is 0 Å². The molecule has 0 N–H and O–H groups in total. The van der Waals surface area contributed by atoms with Crippen LogP contribution in [0.15, 0.2) is 12.4 Å². The predicted octanol–water partition coefficient (Wildman–Crippen LogP) is 2.52. The van der Waals surface area contributed by atoms with E-state index in [1.54, 1.807) is 0 Å². The first-order valence-corrected chi connectivity index (χ1v) is 4.60. The van der Waals surface area contributed by atoms with Crippen LogP contribution in [0.5, 0.6) is 0 Å². The van der Waals surface area contributed by atoms with Gasteiger partial charge in [0.25, 0.3) is 0 Å². The van der Waals surface area contributed by atoms with E-state index >= 15 is 0 Å². The van der Waals surface area contributed by atoms with E-state index in [2.05, 4.69) is 16.9 Å². The molecule has 0 fully saturated rings. The Kier molecular flexibility index (Phi) is 3.71. The molecule has 0 atom stereocenters. The van der Waals surface area contributed by atoms with Crippen LogP contribution in [0.2, 0.25) is 0 Å². The lowest BCUT2D eigenvalue weighted by molar-refractivity contribution is 0.692. The second-order valence-corrected chi connectivity index (χ2v) is 3.13. The molecule has 0 aliphatic heterocycles. The van der Waals surface area contributed by atoms with Gasteiger partial charge in [0.05, 0.1) is 0 Å². The Morgan fingerprint density at radius 2 is 1.83 bits per heavy atom. The maximum absolute atomic E-state index is 4.24. The maximum atomic E-state index is 4.24. The minimum atomic E-state index is 0.981. The number of rotatable bonds is 4. The molecule has 0 aromatic carbocycles. The molecule has 1 aromatic heterocycles. The second kappa shape index (κ2) is 4.86. The average molecular weight is 164 g/mol. The maximum Gasteiger partial charge on any atom is 0.128 e. The number of hydrogen-bond acceptors (Lipinski definition) is 2. The minimum absolute atomic E-state index is 0.981. The quantitative estimate of drug-likeness (QED) is 0.639. The topological polar surface area (TPSA) is 25.8 Å². The van der Waals surface area contributed by atoms with E-state index < -0.39 is 0 Å². The highest BCUT2D eigenvalue weighted by atomic mass is 14.9. The summed E-state index contributed by atoms with van der Waals surface area (Å²) in [7, 11) is 0. The van der Waals surface area contributed by atoms with Gasteiger partial charge in [-0.05, 0) is 18.9 Å². The van der Waals surface area contributed by atoms with Crippen molar-refractivity contribution in [2.75, 3.05) is 0 Å². The van der Waals surface area contributed by atoms with Crippen LogP contribution >= 0.6 is 0 Å². The van der Waals surface area contributed by atoms with E-state index in [0.29, 0.717) is 0 Å². The summed E-state index contributed by atoms with van der Waals surface area (Å²) in [5.41, 5.74) is 1.13. The lowest BCUT2D eigenvalue weighted by Gasteiger charge is -1.98. The van der Waals surface area contributed by atoms with Crippen molar-refractivity contribution in [2.24, 2.45) is 0 Å². The zero-order valence-corrected chi connectivity index (χ0v) is 7.88. The van der Waals surface area contributed by atoms with E-state index in [4.69, 9.17) is 0 Å². The van der Waals surface area contributed by atoms with Crippen LogP contribution in [-0.4, -0.2) is 9.97 Å². The summed E-state index contributed by atoms with van der Waals surface area (Å²) in [5, 5.41) is 0. The normalized spacial score (nSPS) is 10.2. The Morgan fingerprint density at radius 1 is 1.17 bits per heavy atom. The predicted molar refractivity (Wildman–Crippen MR) is 50.0 cm³/mol.